The first-order chi connectivity index (χ1) is 17.9. The van der Waals surface area contributed by atoms with Crippen LogP contribution in [0.4, 0.5) is 23.4 Å². The van der Waals surface area contributed by atoms with Crippen molar-refractivity contribution >= 4 is 29.2 Å². The highest BCUT2D eigenvalue weighted by molar-refractivity contribution is 6.32. The van der Waals surface area contributed by atoms with E-state index in [1.165, 1.54) is 20.0 Å². The molecule has 38 heavy (non-hydrogen) atoms. The molecule has 1 saturated heterocycles. The number of pyridine rings is 1. The van der Waals surface area contributed by atoms with Gasteiger partial charge in [0.1, 0.15) is 11.6 Å². The molecule has 0 aliphatic carbocycles. The van der Waals surface area contributed by atoms with Gasteiger partial charge in [0, 0.05) is 30.9 Å². The van der Waals surface area contributed by atoms with Crippen LogP contribution >= 0.6 is 11.6 Å². The minimum atomic E-state index is -2.64. The fourth-order valence-electron chi connectivity index (χ4n) is 4.32. The number of nitrogens with one attached hydrogen (secondary N) is 2. The van der Waals surface area contributed by atoms with Crippen LogP contribution in [-0.2, 0) is 4.79 Å². The van der Waals surface area contributed by atoms with E-state index in [1.807, 2.05) is 6.92 Å². The molecule has 0 spiro atoms. The molecule has 3 rings (SSSR count). The summed E-state index contributed by atoms with van der Waals surface area (Å²) in [5, 5.41) is 5.00. The number of halogens is 5. The van der Waals surface area contributed by atoms with Crippen molar-refractivity contribution < 1.29 is 31.9 Å². The predicted octanol–water partition coefficient (Wildman–Crippen LogP) is 5.12. The number of hydrogen-bond acceptors (Lipinski definition) is 5. The molecule has 1 aliphatic rings. The number of carbonyl (C=O) groups excluding carboxylic acids is 2. The summed E-state index contributed by atoms with van der Waals surface area (Å²) in [7, 11) is 0. The third-order valence-corrected chi connectivity index (χ3v) is 6.58. The topological polar surface area (TPSA) is 83.6 Å². The number of hydrogen-bond donors (Lipinski definition) is 2. The summed E-state index contributed by atoms with van der Waals surface area (Å²) in [6.07, 6.45) is 1.67. The van der Waals surface area contributed by atoms with Crippen molar-refractivity contribution in [2.24, 2.45) is 0 Å². The first-order valence-electron chi connectivity index (χ1n) is 12.3. The molecule has 12 heteroatoms. The van der Waals surface area contributed by atoms with Gasteiger partial charge < -0.3 is 20.3 Å². The highest BCUT2D eigenvalue weighted by Crippen LogP contribution is 2.31. The van der Waals surface area contributed by atoms with Gasteiger partial charge in [-0.15, -0.1) is 0 Å². The first-order valence-corrected chi connectivity index (χ1v) is 12.7. The molecule has 208 valence electrons. The van der Waals surface area contributed by atoms with Crippen molar-refractivity contribution in [3.05, 3.63) is 52.7 Å². The zero-order chi connectivity index (χ0) is 28.0. The van der Waals surface area contributed by atoms with Crippen molar-refractivity contribution in [2.75, 3.05) is 18.0 Å². The number of ether oxygens (including phenoxy) is 1. The molecule has 7 nitrogen and oxygen atoms in total. The predicted molar refractivity (Wildman–Crippen MR) is 136 cm³/mol. The van der Waals surface area contributed by atoms with E-state index in [0.717, 1.165) is 25.0 Å². The Kier molecular flexibility index (Phi) is 9.81. The van der Waals surface area contributed by atoms with Gasteiger partial charge in [0.25, 0.3) is 18.2 Å². The summed E-state index contributed by atoms with van der Waals surface area (Å²) in [5.74, 6) is -2.78. The molecule has 2 atom stereocenters. The van der Waals surface area contributed by atoms with Gasteiger partial charge in [0.15, 0.2) is 17.2 Å². The number of rotatable bonds is 10. The molecule has 2 aromatic rings. The number of amides is 2. The van der Waals surface area contributed by atoms with Crippen LogP contribution < -0.4 is 20.3 Å². The van der Waals surface area contributed by atoms with Gasteiger partial charge in [0.2, 0.25) is 0 Å². The van der Waals surface area contributed by atoms with Crippen molar-refractivity contribution in [1.82, 2.24) is 15.6 Å². The monoisotopic (exact) mass is 558 g/mol. The Morgan fingerprint density at radius 3 is 2.58 bits per heavy atom. The van der Waals surface area contributed by atoms with Crippen LogP contribution in [0.5, 0.6) is 5.75 Å². The Hall–Kier alpha value is -3.08. The molecular formula is C26H31ClF4N4O3. The van der Waals surface area contributed by atoms with Crippen molar-refractivity contribution in [1.29, 1.82) is 0 Å². The number of alkyl halides is 2. The van der Waals surface area contributed by atoms with Gasteiger partial charge in [-0.2, -0.15) is 0 Å². The Balaban J connectivity index is 1.64. The lowest BCUT2D eigenvalue weighted by atomic mass is 9.93. The second-order valence-electron chi connectivity index (χ2n) is 9.65. The van der Waals surface area contributed by atoms with Crippen LogP contribution in [0, 0.1) is 11.6 Å². The molecule has 0 bridgehead atoms. The lowest BCUT2D eigenvalue weighted by Gasteiger charge is -2.41. The number of piperidine rings is 1. The quantitative estimate of drug-likeness (QED) is 0.312. The summed E-state index contributed by atoms with van der Waals surface area (Å²) in [5.41, 5.74) is -1.22. The zero-order valence-corrected chi connectivity index (χ0v) is 22.1. The number of carbonyl (C=O) groups is 2. The van der Waals surface area contributed by atoms with Crippen molar-refractivity contribution in [3.63, 3.8) is 0 Å². The average Bonchev–Trinajstić information content (AvgIpc) is 2.86. The molecule has 1 aromatic heterocycles. The smallest absolute Gasteiger partial charge is 0.263 e. The van der Waals surface area contributed by atoms with Crippen LogP contribution in [0.3, 0.4) is 0 Å². The first kappa shape index (κ1) is 29.5. The fourth-order valence-corrected chi connectivity index (χ4v) is 4.50. The Morgan fingerprint density at radius 1 is 1.24 bits per heavy atom. The third-order valence-electron chi connectivity index (χ3n) is 6.28. The summed E-state index contributed by atoms with van der Waals surface area (Å²) < 4.78 is 57.4. The zero-order valence-electron chi connectivity index (χ0n) is 21.4. The second-order valence-corrected chi connectivity index (χ2v) is 10.1. The number of nitrogens with zero attached hydrogens (tertiary/aromatic N) is 2. The van der Waals surface area contributed by atoms with Crippen LogP contribution in [0.1, 0.15) is 56.8 Å². The van der Waals surface area contributed by atoms with E-state index in [4.69, 9.17) is 16.3 Å². The van der Waals surface area contributed by atoms with Crippen LogP contribution in [0.15, 0.2) is 30.5 Å². The van der Waals surface area contributed by atoms with E-state index in [2.05, 4.69) is 20.5 Å². The number of benzene rings is 1. The summed E-state index contributed by atoms with van der Waals surface area (Å²) >= 11 is 5.96. The van der Waals surface area contributed by atoms with Gasteiger partial charge in [-0.3, -0.25) is 9.59 Å². The maximum Gasteiger partial charge on any atom is 0.263 e. The van der Waals surface area contributed by atoms with E-state index in [9.17, 15) is 27.2 Å². The maximum absolute atomic E-state index is 13.7. The fraction of sp³-hybridized carbons (Fsp3) is 0.500. The lowest BCUT2D eigenvalue weighted by Crippen LogP contribution is -2.55. The summed E-state index contributed by atoms with van der Waals surface area (Å²) in [6, 6.07) is 4.71. The van der Waals surface area contributed by atoms with Crippen LogP contribution in [0.25, 0.3) is 0 Å². The Bertz CT molecular complexity index is 1130. The van der Waals surface area contributed by atoms with Gasteiger partial charge in [0.05, 0.1) is 17.1 Å². The molecule has 1 fully saturated rings. The molecule has 2 amide bonds. The lowest BCUT2D eigenvalue weighted by molar-refractivity contribution is -0.135. The summed E-state index contributed by atoms with van der Waals surface area (Å²) in [4.78, 5) is 31.5. The SMILES string of the molecule is CCCC1CC(NC(=O)C(C)(C)Oc2cc(F)c(F)cc2Cl)CCN1c1ccc(C(=O)NCC(F)F)cn1. The van der Waals surface area contributed by atoms with Crippen LogP contribution in [-0.4, -0.2) is 54.0 Å². The second kappa shape index (κ2) is 12.6. The molecule has 1 aromatic carbocycles. The van der Waals surface area contributed by atoms with Gasteiger partial charge in [-0.25, -0.2) is 22.5 Å². The Labute approximate surface area is 223 Å². The third kappa shape index (κ3) is 7.49. The molecule has 2 heterocycles. The molecule has 0 saturated carbocycles. The van der Waals surface area contributed by atoms with Gasteiger partial charge in [-0.05, 0) is 51.3 Å². The minimum absolute atomic E-state index is 0.0507. The van der Waals surface area contributed by atoms with Crippen molar-refractivity contribution in [2.45, 2.75) is 70.6 Å². The molecule has 2 N–H and O–H groups in total. The van der Waals surface area contributed by atoms with E-state index in [0.29, 0.717) is 25.2 Å². The van der Waals surface area contributed by atoms with Gasteiger partial charge >= 0.3 is 0 Å². The maximum atomic E-state index is 13.7. The molecule has 1 aliphatic heterocycles. The van der Waals surface area contributed by atoms with Crippen LogP contribution in [0.2, 0.25) is 5.02 Å². The van der Waals surface area contributed by atoms with Crippen molar-refractivity contribution in [3.8, 4) is 5.75 Å². The molecular weight excluding hydrogens is 528 g/mol. The normalized spacial score (nSPS) is 17.9. The number of aromatic nitrogens is 1. The summed E-state index contributed by atoms with van der Waals surface area (Å²) in [6.45, 7) is 4.93. The van der Waals surface area contributed by atoms with Gasteiger partial charge in [-0.1, -0.05) is 24.9 Å². The van der Waals surface area contributed by atoms with E-state index < -0.39 is 42.0 Å². The molecule has 2 unspecified atom stereocenters. The Morgan fingerprint density at radius 2 is 1.95 bits per heavy atom. The molecule has 0 radical (unpaired) electrons. The largest absolute Gasteiger partial charge is 0.476 e. The van der Waals surface area contributed by atoms with E-state index in [1.54, 1.807) is 12.1 Å². The average molecular weight is 559 g/mol. The van der Waals surface area contributed by atoms with E-state index in [-0.39, 0.29) is 28.4 Å². The highest BCUT2D eigenvalue weighted by Gasteiger charge is 2.35. The standard InChI is InChI=1S/C26H31ClF4N4O3/c1-4-5-17-10-16(34-25(37)26(2,3)38-21-12-20(29)19(28)11-18(21)27)8-9-35(17)23-7-6-15(13-32-23)24(36)33-14-22(30)31/h6-7,11-13,16-17,22H,4-5,8-10,14H2,1-3H3,(H,33,36)(H,34,37). The number of anilines is 1. The minimum Gasteiger partial charge on any atom is -0.476 e. The highest BCUT2D eigenvalue weighted by atomic mass is 35.5. The van der Waals surface area contributed by atoms with E-state index >= 15 is 0 Å².